The number of oxazole rings is 1. The number of aromatic nitrogens is 1. The van der Waals surface area contributed by atoms with Crippen molar-refractivity contribution < 1.29 is 18.9 Å². The van der Waals surface area contributed by atoms with E-state index < -0.39 is 5.97 Å². The Morgan fingerprint density at radius 3 is 2.73 bits per heavy atom. The maximum atomic E-state index is 10.8. The van der Waals surface area contributed by atoms with Crippen molar-refractivity contribution in [3.63, 3.8) is 0 Å². The van der Waals surface area contributed by atoms with Gasteiger partial charge in [-0.2, -0.15) is 4.57 Å². The molecule has 2 rings (SSSR count). The lowest BCUT2D eigenvalue weighted by atomic mass is 10.2. The van der Waals surface area contributed by atoms with Gasteiger partial charge in [0, 0.05) is 5.56 Å². The molecular weight excluding hydrogens is 194 g/mol. The van der Waals surface area contributed by atoms with Gasteiger partial charge < -0.3 is 9.52 Å². The second-order valence-electron chi connectivity index (χ2n) is 3.13. The zero-order valence-corrected chi connectivity index (χ0v) is 7.96. The number of carboxylic acids is 1. The first-order chi connectivity index (χ1) is 7.27. The van der Waals surface area contributed by atoms with E-state index in [1.807, 2.05) is 30.3 Å². The molecule has 0 saturated carbocycles. The predicted molar refractivity (Wildman–Crippen MR) is 51.4 cm³/mol. The van der Waals surface area contributed by atoms with Crippen LogP contribution in [0.3, 0.4) is 0 Å². The third-order valence-corrected chi connectivity index (χ3v) is 2.06. The van der Waals surface area contributed by atoms with E-state index in [1.54, 1.807) is 10.8 Å². The molecule has 0 fully saturated rings. The second kappa shape index (κ2) is 3.96. The lowest BCUT2D eigenvalue weighted by Gasteiger charge is -1.94. The number of rotatable bonds is 3. The summed E-state index contributed by atoms with van der Waals surface area (Å²) in [6, 6.07) is 9.62. The summed E-state index contributed by atoms with van der Waals surface area (Å²) in [4.78, 5) is 10.8. The lowest BCUT2D eigenvalue weighted by Crippen LogP contribution is -2.38. The minimum atomic E-state index is -1.06. The summed E-state index contributed by atoms with van der Waals surface area (Å²) < 4.78 is 6.41. The van der Waals surface area contributed by atoms with Gasteiger partial charge in [-0.05, 0) is 0 Å². The molecule has 4 nitrogen and oxygen atoms in total. The molecule has 1 heterocycles. The van der Waals surface area contributed by atoms with Crippen LogP contribution in [0.5, 0.6) is 0 Å². The highest BCUT2D eigenvalue weighted by molar-refractivity contribution is 5.80. The SMILES string of the molecule is O=C(O)c1occ[n+]1Cc1ccccc1. The van der Waals surface area contributed by atoms with Crippen LogP contribution in [0.1, 0.15) is 16.2 Å². The number of aromatic carboxylic acids is 1. The van der Waals surface area contributed by atoms with Crippen molar-refractivity contribution in [3.8, 4) is 0 Å². The molecule has 0 atom stereocenters. The van der Waals surface area contributed by atoms with E-state index in [0.717, 1.165) is 5.56 Å². The quantitative estimate of drug-likeness (QED) is 0.767. The van der Waals surface area contributed by atoms with E-state index in [-0.39, 0.29) is 5.89 Å². The number of carboxylic acid groups (broad SMARTS) is 1. The molecule has 4 heteroatoms. The first kappa shape index (κ1) is 9.45. The van der Waals surface area contributed by atoms with Gasteiger partial charge >= 0.3 is 11.9 Å². The van der Waals surface area contributed by atoms with Crippen LogP contribution in [0, 0.1) is 0 Å². The molecule has 0 amide bonds. The Hall–Kier alpha value is -2.10. The van der Waals surface area contributed by atoms with Crippen LogP contribution < -0.4 is 4.57 Å². The average Bonchev–Trinajstić information content (AvgIpc) is 2.67. The fourth-order valence-corrected chi connectivity index (χ4v) is 1.38. The monoisotopic (exact) mass is 204 g/mol. The molecule has 76 valence electrons. The Morgan fingerprint density at radius 1 is 1.33 bits per heavy atom. The van der Waals surface area contributed by atoms with Crippen molar-refractivity contribution in [1.29, 1.82) is 0 Å². The summed E-state index contributed by atoms with van der Waals surface area (Å²) in [6.45, 7) is 0.499. The molecule has 0 aliphatic rings. The van der Waals surface area contributed by atoms with Gasteiger partial charge in [0.15, 0.2) is 12.8 Å². The first-order valence-corrected chi connectivity index (χ1v) is 4.51. The average molecular weight is 204 g/mol. The fourth-order valence-electron chi connectivity index (χ4n) is 1.38. The van der Waals surface area contributed by atoms with Crippen LogP contribution >= 0.6 is 0 Å². The Balaban J connectivity index is 2.25. The van der Waals surface area contributed by atoms with Gasteiger partial charge in [0.05, 0.1) is 0 Å². The Morgan fingerprint density at radius 2 is 2.07 bits per heavy atom. The van der Waals surface area contributed by atoms with Gasteiger partial charge in [-0.15, -0.1) is 0 Å². The van der Waals surface area contributed by atoms with Crippen molar-refractivity contribution in [1.82, 2.24) is 0 Å². The van der Waals surface area contributed by atoms with Gasteiger partial charge in [-0.3, -0.25) is 0 Å². The van der Waals surface area contributed by atoms with Gasteiger partial charge in [0.1, 0.15) is 0 Å². The fraction of sp³-hybridized carbons (Fsp3) is 0.0909. The molecule has 2 aromatic rings. The molecule has 0 spiro atoms. The maximum absolute atomic E-state index is 10.8. The zero-order chi connectivity index (χ0) is 10.7. The molecule has 0 aliphatic carbocycles. The molecule has 15 heavy (non-hydrogen) atoms. The van der Waals surface area contributed by atoms with Crippen molar-refractivity contribution in [2.45, 2.75) is 6.54 Å². The van der Waals surface area contributed by atoms with Crippen molar-refractivity contribution in [2.24, 2.45) is 0 Å². The van der Waals surface area contributed by atoms with E-state index in [1.165, 1.54) is 6.26 Å². The zero-order valence-electron chi connectivity index (χ0n) is 7.96. The van der Waals surface area contributed by atoms with Crippen LogP contribution in [0.2, 0.25) is 0 Å². The summed E-state index contributed by atoms with van der Waals surface area (Å²) in [5.74, 6) is -1.12. The third-order valence-electron chi connectivity index (χ3n) is 2.06. The molecule has 1 N–H and O–H groups in total. The molecule has 0 saturated heterocycles. The number of carbonyl (C=O) groups is 1. The summed E-state index contributed by atoms with van der Waals surface area (Å²) in [5, 5.41) is 8.82. The summed E-state index contributed by atoms with van der Waals surface area (Å²) >= 11 is 0. The van der Waals surface area contributed by atoms with E-state index >= 15 is 0 Å². The number of nitrogens with zero attached hydrogens (tertiary/aromatic N) is 1. The molecule has 1 aromatic heterocycles. The predicted octanol–water partition coefficient (Wildman–Crippen LogP) is 1.31. The van der Waals surface area contributed by atoms with E-state index in [0.29, 0.717) is 6.54 Å². The second-order valence-corrected chi connectivity index (χ2v) is 3.13. The van der Waals surface area contributed by atoms with E-state index in [9.17, 15) is 4.79 Å². The highest BCUT2D eigenvalue weighted by Gasteiger charge is 2.22. The molecule has 0 bridgehead atoms. The van der Waals surface area contributed by atoms with Crippen molar-refractivity contribution >= 4 is 5.97 Å². The highest BCUT2D eigenvalue weighted by atomic mass is 16.4. The van der Waals surface area contributed by atoms with E-state index in [2.05, 4.69) is 0 Å². The topological polar surface area (TPSA) is 54.3 Å². The largest absolute Gasteiger partial charge is 0.471 e. The Kier molecular flexibility index (Phi) is 2.49. The van der Waals surface area contributed by atoms with Crippen molar-refractivity contribution in [2.75, 3.05) is 0 Å². The standard InChI is InChI=1S/C11H9NO3/c13-11(14)10-12(6-7-15-10)8-9-4-2-1-3-5-9/h1-7H,8H2/p+1. The number of benzene rings is 1. The van der Waals surface area contributed by atoms with E-state index in [4.69, 9.17) is 9.52 Å². The lowest BCUT2D eigenvalue weighted by molar-refractivity contribution is -0.693. The van der Waals surface area contributed by atoms with Crippen LogP contribution in [0.25, 0.3) is 0 Å². The molecular formula is C11H10NO3+. The molecule has 0 radical (unpaired) electrons. The first-order valence-electron chi connectivity index (χ1n) is 4.51. The number of hydrogen-bond donors (Lipinski definition) is 1. The molecule has 0 unspecified atom stereocenters. The Bertz CT molecular complexity index is 462. The number of hydrogen-bond acceptors (Lipinski definition) is 2. The van der Waals surface area contributed by atoms with Crippen LogP contribution in [0.4, 0.5) is 0 Å². The normalized spacial score (nSPS) is 10.1. The molecule has 1 aromatic carbocycles. The Labute approximate surface area is 86.4 Å². The summed E-state index contributed by atoms with van der Waals surface area (Å²) in [7, 11) is 0. The summed E-state index contributed by atoms with van der Waals surface area (Å²) in [6.07, 6.45) is 2.98. The van der Waals surface area contributed by atoms with Gasteiger partial charge in [0.25, 0.3) is 0 Å². The van der Waals surface area contributed by atoms with Crippen molar-refractivity contribution in [3.05, 3.63) is 54.2 Å². The van der Waals surface area contributed by atoms with Gasteiger partial charge in [-0.1, -0.05) is 30.3 Å². The van der Waals surface area contributed by atoms with Gasteiger partial charge in [-0.25, -0.2) is 4.79 Å². The minimum absolute atomic E-state index is 0.0566. The van der Waals surface area contributed by atoms with Crippen LogP contribution in [-0.2, 0) is 6.54 Å². The third kappa shape index (κ3) is 2.04. The van der Waals surface area contributed by atoms with Gasteiger partial charge in [0.2, 0.25) is 6.20 Å². The minimum Gasteiger partial charge on any atom is -0.471 e. The maximum Gasteiger partial charge on any atom is 0.461 e. The smallest absolute Gasteiger partial charge is 0.461 e. The highest BCUT2D eigenvalue weighted by Crippen LogP contribution is 2.00. The summed E-state index contributed by atoms with van der Waals surface area (Å²) in [5.41, 5.74) is 1.03. The molecule has 0 aliphatic heterocycles. The van der Waals surface area contributed by atoms with Crippen LogP contribution in [0.15, 0.2) is 47.2 Å². The van der Waals surface area contributed by atoms with Crippen LogP contribution in [-0.4, -0.2) is 11.1 Å².